The summed E-state index contributed by atoms with van der Waals surface area (Å²) < 4.78 is 12.2. The van der Waals surface area contributed by atoms with Crippen LogP contribution < -0.4 is 15.1 Å². The summed E-state index contributed by atoms with van der Waals surface area (Å²) in [7, 11) is 1.60. The highest BCUT2D eigenvalue weighted by atomic mass is 35.5. The van der Waals surface area contributed by atoms with Crippen LogP contribution in [0, 0.1) is 6.92 Å². The normalized spacial score (nSPS) is 15.3. The van der Waals surface area contributed by atoms with Crippen LogP contribution in [0.25, 0.3) is 21.2 Å². The van der Waals surface area contributed by atoms with Gasteiger partial charge >= 0.3 is 0 Å². The summed E-state index contributed by atoms with van der Waals surface area (Å²) >= 11 is 7.52. The van der Waals surface area contributed by atoms with Gasteiger partial charge in [-0.2, -0.15) is 0 Å². The van der Waals surface area contributed by atoms with Crippen LogP contribution in [0.5, 0.6) is 5.75 Å². The summed E-state index contributed by atoms with van der Waals surface area (Å²) in [6.45, 7) is 1.99. The standard InChI is InChI=1S/C26H17ClN2O4S/c1-13-3-5-14(6-4-13)22-21-23(30)17-11-15(27)7-10-19(17)33-24(21)25(31)29(22)26-28-18-9-8-16(32-2)12-20(18)34-26/h3-12,22H,1-2H3/t22-/m1/s1. The third-order valence-electron chi connectivity index (χ3n) is 6.02. The summed E-state index contributed by atoms with van der Waals surface area (Å²) in [5, 5.41) is 1.24. The Labute approximate surface area is 203 Å². The summed E-state index contributed by atoms with van der Waals surface area (Å²) in [4.78, 5) is 33.7. The molecule has 3 aromatic carbocycles. The van der Waals surface area contributed by atoms with Crippen LogP contribution in [0.3, 0.4) is 0 Å². The highest BCUT2D eigenvalue weighted by Gasteiger charge is 2.45. The second kappa shape index (κ2) is 7.68. The Hall–Kier alpha value is -3.68. The molecule has 0 bridgehead atoms. The maximum absolute atomic E-state index is 13.7. The first-order valence-corrected chi connectivity index (χ1v) is 11.7. The molecule has 0 aliphatic carbocycles. The molecule has 1 amide bonds. The summed E-state index contributed by atoms with van der Waals surface area (Å²) in [6.07, 6.45) is 0. The van der Waals surface area contributed by atoms with Crippen molar-refractivity contribution in [3.63, 3.8) is 0 Å². The number of methoxy groups -OCH3 is 1. The number of aromatic nitrogens is 1. The topological polar surface area (TPSA) is 72.6 Å². The Balaban J connectivity index is 1.62. The van der Waals surface area contributed by atoms with Gasteiger partial charge in [0.15, 0.2) is 10.6 Å². The number of benzene rings is 3. The Morgan fingerprint density at radius 2 is 1.85 bits per heavy atom. The number of carbonyl (C=O) groups excluding carboxylic acids is 1. The Kier molecular flexibility index (Phi) is 4.72. The maximum atomic E-state index is 13.7. The number of hydrogen-bond acceptors (Lipinski definition) is 6. The quantitative estimate of drug-likeness (QED) is 0.306. The second-order valence-corrected chi connectivity index (χ2v) is 9.58. The number of halogens is 1. The van der Waals surface area contributed by atoms with Crippen LogP contribution in [0.2, 0.25) is 5.02 Å². The van der Waals surface area contributed by atoms with Crippen molar-refractivity contribution in [1.82, 2.24) is 4.98 Å². The average molecular weight is 489 g/mol. The minimum atomic E-state index is -0.676. The molecular formula is C26H17ClN2O4S. The Bertz CT molecular complexity index is 1670. The number of ether oxygens (including phenoxy) is 1. The molecule has 0 fully saturated rings. The Morgan fingerprint density at radius 3 is 2.62 bits per heavy atom. The molecular weight excluding hydrogens is 472 g/mol. The van der Waals surface area contributed by atoms with Gasteiger partial charge in [-0.15, -0.1) is 0 Å². The highest BCUT2D eigenvalue weighted by Crippen LogP contribution is 2.44. The number of aryl methyl sites for hydroxylation is 1. The first kappa shape index (κ1) is 20.9. The molecule has 0 unspecified atom stereocenters. The van der Waals surface area contributed by atoms with Crippen molar-refractivity contribution in [1.29, 1.82) is 0 Å². The molecule has 0 N–H and O–H groups in total. The summed E-state index contributed by atoms with van der Waals surface area (Å²) in [5.41, 5.74) is 2.94. The largest absolute Gasteiger partial charge is 0.497 e. The van der Waals surface area contributed by atoms with E-state index in [1.165, 1.54) is 11.3 Å². The van der Waals surface area contributed by atoms with Crippen molar-refractivity contribution < 1.29 is 13.9 Å². The number of fused-ring (bicyclic) bond motifs is 3. The molecule has 6 nitrogen and oxygen atoms in total. The number of nitrogens with zero attached hydrogens (tertiary/aromatic N) is 2. The number of hydrogen-bond donors (Lipinski definition) is 0. The van der Waals surface area contributed by atoms with E-state index in [1.807, 2.05) is 49.4 Å². The maximum Gasteiger partial charge on any atom is 0.297 e. The van der Waals surface area contributed by atoms with Gasteiger partial charge in [-0.05, 0) is 48.9 Å². The van der Waals surface area contributed by atoms with Crippen LogP contribution in [-0.4, -0.2) is 18.0 Å². The minimum Gasteiger partial charge on any atom is -0.497 e. The van der Waals surface area contributed by atoms with Crippen molar-refractivity contribution in [3.8, 4) is 5.75 Å². The fourth-order valence-corrected chi connectivity index (χ4v) is 5.52. The van der Waals surface area contributed by atoms with E-state index >= 15 is 0 Å². The summed E-state index contributed by atoms with van der Waals surface area (Å²) in [5.74, 6) is 0.330. The van der Waals surface area contributed by atoms with Gasteiger partial charge in [-0.3, -0.25) is 14.5 Å². The predicted molar refractivity (Wildman–Crippen MR) is 133 cm³/mol. The minimum absolute atomic E-state index is 0.0298. The highest BCUT2D eigenvalue weighted by molar-refractivity contribution is 7.22. The Morgan fingerprint density at radius 1 is 1.06 bits per heavy atom. The predicted octanol–water partition coefficient (Wildman–Crippen LogP) is 6.12. The molecule has 1 atom stereocenters. The molecule has 5 aromatic rings. The second-order valence-electron chi connectivity index (χ2n) is 8.13. The van der Waals surface area contributed by atoms with E-state index in [1.54, 1.807) is 30.2 Å². The zero-order valence-corrected chi connectivity index (χ0v) is 19.7. The molecule has 1 aliphatic rings. The van der Waals surface area contributed by atoms with Gasteiger partial charge in [0.05, 0.1) is 34.3 Å². The molecule has 6 rings (SSSR count). The van der Waals surface area contributed by atoms with Crippen molar-refractivity contribution in [2.24, 2.45) is 0 Å². The van der Waals surface area contributed by atoms with Crippen LogP contribution in [0.15, 0.2) is 69.9 Å². The van der Waals surface area contributed by atoms with E-state index in [0.717, 1.165) is 21.3 Å². The molecule has 0 saturated carbocycles. The number of amides is 1. The first-order valence-electron chi connectivity index (χ1n) is 10.6. The van der Waals surface area contributed by atoms with Gasteiger partial charge in [0.2, 0.25) is 5.76 Å². The van der Waals surface area contributed by atoms with E-state index in [9.17, 15) is 9.59 Å². The lowest BCUT2D eigenvalue weighted by molar-refractivity contribution is 0.0971. The lowest BCUT2D eigenvalue weighted by atomic mass is 9.98. The van der Waals surface area contributed by atoms with Gasteiger partial charge in [0.25, 0.3) is 5.91 Å². The first-order chi connectivity index (χ1) is 16.4. The number of rotatable bonds is 3. The van der Waals surface area contributed by atoms with Crippen molar-refractivity contribution in [2.45, 2.75) is 13.0 Å². The molecule has 0 saturated heterocycles. The van der Waals surface area contributed by atoms with Crippen LogP contribution in [-0.2, 0) is 0 Å². The van der Waals surface area contributed by atoms with Crippen molar-refractivity contribution >= 4 is 55.2 Å². The zero-order chi connectivity index (χ0) is 23.6. The molecule has 8 heteroatoms. The van der Waals surface area contributed by atoms with Gasteiger partial charge in [-0.25, -0.2) is 4.98 Å². The summed E-state index contributed by atoms with van der Waals surface area (Å²) in [6, 6.07) is 17.5. The van der Waals surface area contributed by atoms with Gasteiger partial charge < -0.3 is 9.15 Å². The molecule has 3 heterocycles. The number of anilines is 1. The zero-order valence-electron chi connectivity index (χ0n) is 18.2. The molecule has 2 aromatic heterocycles. The third-order valence-corrected chi connectivity index (χ3v) is 7.27. The molecule has 168 valence electrons. The van der Waals surface area contributed by atoms with Crippen molar-refractivity contribution in [2.75, 3.05) is 12.0 Å². The smallest absolute Gasteiger partial charge is 0.297 e. The van der Waals surface area contributed by atoms with Gasteiger partial charge in [0, 0.05) is 5.02 Å². The van der Waals surface area contributed by atoms with E-state index in [4.69, 9.17) is 25.7 Å². The fourth-order valence-electron chi connectivity index (χ4n) is 4.33. The van der Waals surface area contributed by atoms with Crippen LogP contribution in [0.1, 0.15) is 33.3 Å². The lowest BCUT2D eigenvalue weighted by Gasteiger charge is -2.22. The number of thiazole rings is 1. The van der Waals surface area contributed by atoms with Crippen LogP contribution in [0.4, 0.5) is 5.13 Å². The van der Waals surface area contributed by atoms with E-state index in [-0.39, 0.29) is 11.2 Å². The SMILES string of the molecule is COc1ccc2nc(N3C(=O)c4oc5ccc(Cl)cc5c(=O)c4[C@H]3c3ccc(C)cc3)sc2c1. The van der Waals surface area contributed by atoms with Gasteiger partial charge in [-0.1, -0.05) is 52.8 Å². The lowest BCUT2D eigenvalue weighted by Crippen LogP contribution is -2.29. The van der Waals surface area contributed by atoms with Gasteiger partial charge in [0.1, 0.15) is 11.3 Å². The van der Waals surface area contributed by atoms with Crippen molar-refractivity contribution in [3.05, 3.63) is 98.4 Å². The average Bonchev–Trinajstić information content (AvgIpc) is 3.38. The number of carbonyl (C=O) groups is 1. The van der Waals surface area contributed by atoms with Crippen LogP contribution >= 0.6 is 22.9 Å². The van der Waals surface area contributed by atoms with E-state index < -0.39 is 11.9 Å². The monoisotopic (exact) mass is 488 g/mol. The molecule has 0 spiro atoms. The third kappa shape index (κ3) is 3.12. The molecule has 1 aliphatic heterocycles. The van der Waals surface area contributed by atoms with E-state index in [0.29, 0.717) is 32.4 Å². The molecule has 34 heavy (non-hydrogen) atoms. The molecule has 0 radical (unpaired) electrons. The van der Waals surface area contributed by atoms with E-state index in [2.05, 4.69) is 0 Å². The fraction of sp³-hybridized carbons (Fsp3) is 0.115.